The summed E-state index contributed by atoms with van der Waals surface area (Å²) in [6, 6.07) is 20.4. The Morgan fingerprint density at radius 3 is 2.29 bits per heavy atom. The molecule has 7 nitrogen and oxygen atoms in total. The van der Waals surface area contributed by atoms with Gasteiger partial charge in [-0.3, -0.25) is 10.1 Å². The van der Waals surface area contributed by atoms with Crippen LogP contribution in [-0.2, 0) is 9.53 Å². The maximum atomic E-state index is 12.8. The third kappa shape index (κ3) is 4.50. The SMILES string of the molecule is O=C(Nc1ccc(C(=O)N2CCC[C@@H]2C(=O)O)cc1I)OCC1c2ccccc2-c2ccccc21. The molecule has 0 unspecified atom stereocenters. The Labute approximate surface area is 216 Å². The van der Waals surface area contributed by atoms with Crippen molar-refractivity contribution in [3.63, 3.8) is 0 Å². The van der Waals surface area contributed by atoms with E-state index in [-0.39, 0.29) is 18.4 Å². The van der Waals surface area contributed by atoms with Crippen LogP contribution in [-0.4, -0.2) is 47.2 Å². The molecule has 35 heavy (non-hydrogen) atoms. The molecule has 2 N–H and O–H groups in total. The molecular weight excluding hydrogens is 559 g/mol. The van der Waals surface area contributed by atoms with Crippen LogP contribution in [0.5, 0.6) is 0 Å². The first-order valence-electron chi connectivity index (χ1n) is 11.4. The van der Waals surface area contributed by atoms with Crippen molar-refractivity contribution in [3.8, 4) is 11.1 Å². The van der Waals surface area contributed by atoms with E-state index in [1.54, 1.807) is 18.2 Å². The summed E-state index contributed by atoms with van der Waals surface area (Å²) in [5.41, 5.74) is 5.52. The fourth-order valence-electron chi connectivity index (χ4n) is 4.93. The quantitative estimate of drug-likeness (QED) is 0.396. The van der Waals surface area contributed by atoms with E-state index in [0.29, 0.717) is 34.2 Å². The van der Waals surface area contributed by atoms with Gasteiger partial charge in [-0.15, -0.1) is 0 Å². The minimum Gasteiger partial charge on any atom is -0.480 e. The lowest BCUT2D eigenvalue weighted by Gasteiger charge is -2.21. The van der Waals surface area contributed by atoms with Crippen molar-refractivity contribution in [2.24, 2.45) is 0 Å². The maximum Gasteiger partial charge on any atom is 0.411 e. The normalized spacial score (nSPS) is 16.5. The second-order valence-electron chi connectivity index (χ2n) is 8.64. The summed E-state index contributed by atoms with van der Waals surface area (Å²) < 4.78 is 6.26. The number of aliphatic carboxylic acids is 1. The zero-order chi connectivity index (χ0) is 24.5. The highest BCUT2D eigenvalue weighted by Crippen LogP contribution is 2.44. The predicted molar refractivity (Wildman–Crippen MR) is 140 cm³/mol. The van der Waals surface area contributed by atoms with E-state index < -0.39 is 18.1 Å². The van der Waals surface area contributed by atoms with Gasteiger partial charge in [-0.25, -0.2) is 9.59 Å². The van der Waals surface area contributed by atoms with Gasteiger partial charge < -0.3 is 14.7 Å². The van der Waals surface area contributed by atoms with Crippen molar-refractivity contribution in [1.29, 1.82) is 0 Å². The first kappa shape index (κ1) is 23.3. The summed E-state index contributed by atoms with van der Waals surface area (Å²) in [5, 5.41) is 12.1. The van der Waals surface area contributed by atoms with Gasteiger partial charge in [-0.2, -0.15) is 0 Å². The molecule has 2 aliphatic rings. The largest absolute Gasteiger partial charge is 0.480 e. The summed E-state index contributed by atoms with van der Waals surface area (Å²) in [4.78, 5) is 38.3. The van der Waals surface area contributed by atoms with Crippen molar-refractivity contribution < 1.29 is 24.2 Å². The lowest BCUT2D eigenvalue weighted by Crippen LogP contribution is -2.40. The van der Waals surface area contributed by atoms with E-state index in [9.17, 15) is 19.5 Å². The second-order valence-corrected chi connectivity index (χ2v) is 9.80. The summed E-state index contributed by atoms with van der Waals surface area (Å²) in [7, 11) is 0. The van der Waals surface area contributed by atoms with Crippen LogP contribution >= 0.6 is 22.6 Å². The van der Waals surface area contributed by atoms with Crippen molar-refractivity contribution in [2.45, 2.75) is 24.8 Å². The van der Waals surface area contributed by atoms with E-state index in [1.807, 2.05) is 46.9 Å². The van der Waals surface area contributed by atoms with Crippen LogP contribution in [0.25, 0.3) is 11.1 Å². The van der Waals surface area contributed by atoms with Gasteiger partial charge in [0.1, 0.15) is 12.6 Å². The number of anilines is 1. The number of nitrogens with one attached hydrogen (secondary N) is 1. The zero-order valence-corrected chi connectivity index (χ0v) is 20.9. The standard InChI is InChI=1S/C27H23IN2O5/c28-22-14-16(25(31)30-13-5-10-24(30)26(32)33)11-12-23(22)29-27(34)35-15-21-19-8-3-1-6-17(19)18-7-2-4-9-20(18)21/h1-4,6-9,11-12,14,21,24H,5,10,13,15H2,(H,29,34)(H,32,33)/t24-/m1/s1. The number of likely N-dealkylation sites (tertiary alicyclic amines) is 1. The molecule has 8 heteroatoms. The van der Waals surface area contributed by atoms with Crippen LogP contribution in [0.1, 0.15) is 40.2 Å². The number of amides is 2. The lowest BCUT2D eigenvalue weighted by atomic mass is 9.98. The first-order chi connectivity index (χ1) is 16.9. The predicted octanol–water partition coefficient (Wildman–Crippen LogP) is 5.34. The van der Waals surface area contributed by atoms with Crippen LogP contribution in [0.15, 0.2) is 66.7 Å². The molecule has 5 rings (SSSR count). The van der Waals surface area contributed by atoms with Gasteiger partial charge in [-0.1, -0.05) is 48.5 Å². The molecule has 3 aromatic carbocycles. The van der Waals surface area contributed by atoms with Crippen LogP contribution < -0.4 is 5.32 Å². The second kappa shape index (κ2) is 9.69. The molecule has 1 saturated heterocycles. The minimum atomic E-state index is -0.987. The van der Waals surface area contributed by atoms with E-state index in [1.165, 1.54) is 4.90 Å². The number of fused-ring (bicyclic) bond motifs is 3. The Morgan fingerprint density at radius 1 is 1.00 bits per heavy atom. The van der Waals surface area contributed by atoms with Crippen molar-refractivity contribution >= 4 is 46.2 Å². The monoisotopic (exact) mass is 582 g/mol. The smallest absolute Gasteiger partial charge is 0.411 e. The number of carboxylic acid groups (broad SMARTS) is 1. The Bertz CT molecular complexity index is 1280. The Morgan fingerprint density at radius 2 is 1.66 bits per heavy atom. The lowest BCUT2D eigenvalue weighted by molar-refractivity contribution is -0.141. The Balaban J connectivity index is 1.25. The molecule has 2 amide bonds. The molecule has 1 fully saturated rings. The molecule has 178 valence electrons. The van der Waals surface area contributed by atoms with Gasteiger partial charge in [-0.05, 0) is 75.9 Å². The fraction of sp³-hybridized carbons (Fsp3) is 0.222. The third-order valence-corrected chi connectivity index (χ3v) is 7.49. The number of benzene rings is 3. The molecule has 1 aliphatic carbocycles. The first-order valence-corrected chi connectivity index (χ1v) is 12.5. The van der Waals surface area contributed by atoms with Gasteiger partial charge in [0, 0.05) is 21.6 Å². The van der Waals surface area contributed by atoms with Crippen LogP contribution in [0.4, 0.5) is 10.5 Å². The van der Waals surface area contributed by atoms with Gasteiger partial charge >= 0.3 is 12.1 Å². The number of ether oxygens (including phenoxy) is 1. The highest BCUT2D eigenvalue weighted by molar-refractivity contribution is 14.1. The average molecular weight is 582 g/mol. The summed E-state index contributed by atoms with van der Waals surface area (Å²) >= 11 is 2.04. The van der Waals surface area contributed by atoms with Gasteiger partial charge in [0.15, 0.2) is 0 Å². The van der Waals surface area contributed by atoms with E-state index in [2.05, 4.69) is 29.6 Å². The summed E-state index contributed by atoms with van der Waals surface area (Å²) in [6.07, 6.45) is 0.551. The van der Waals surface area contributed by atoms with Crippen LogP contribution in [0.2, 0.25) is 0 Å². The molecule has 3 aromatic rings. The molecule has 0 spiro atoms. The van der Waals surface area contributed by atoms with Crippen molar-refractivity contribution in [1.82, 2.24) is 4.90 Å². The van der Waals surface area contributed by atoms with Gasteiger partial charge in [0.05, 0.1) is 5.69 Å². The fourth-order valence-corrected chi connectivity index (χ4v) is 5.58. The number of carbonyl (C=O) groups excluding carboxylic acids is 2. The molecule has 1 atom stereocenters. The number of carboxylic acids is 1. The molecule has 0 radical (unpaired) electrons. The molecule has 0 saturated carbocycles. The topological polar surface area (TPSA) is 95.9 Å². The highest BCUT2D eigenvalue weighted by Gasteiger charge is 2.34. The van der Waals surface area contributed by atoms with E-state index in [0.717, 1.165) is 22.3 Å². The molecule has 0 bridgehead atoms. The van der Waals surface area contributed by atoms with E-state index >= 15 is 0 Å². The Hall–Kier alpha value is -3.40. The number of carbonyl (C=O) groups is 3. The maximum absolute atomic E-state index is 12.8. The number of nitrogens with zero attached hydrogens (tertiary/aromatic N) is 1. The minimum absolute atomic E-state index is 0.0325. The zero-order valence-electron chi connectivity index (χ0n) is 18.7. The molecule has 1 heterocycles. The number of halogens is 1. The van der Waals surface area contributed by atoms with Gasteiger partial charge in [0.2, 0.25) is 0 Å². The van der Waals surface area contributed by atoms with Crippen molar-refractivity contribution in [3.05, 3.63) is 87.0 Å². The molecule has 1 aliphatic heterocycles. The molecule has 0 aromatic heterocycles. The number of hydrogen-bond acceptors (Lipinski definition) is 4. The average Bonchev–Trinajstić information content (AvgIpc) is 3.47. The van der Waals surface area contributed by atoms with Crippen LogP contribution in [0.3, 0.4) is 0 Å². The van der Waals surface area contributed by atoms with Crippen LogP contribution in [0, 0.1) is 3.57 Å². The molecular formula is C27H23IN2O5. The highest BCUT2D eigenvalue weighted by atomic mass is 127. The van der Waals surface area contributed by atoms with Crippen molar-refractivity contribution in [2.75, 3.05) is 18.5 Å². The Kier molecular flexibility index (Phi) is 6.46. The van der Waals surface area contributed by atoms with Gasteiger partial charge in [0.25, 0.3) is 5.91 Å². The number of rotatable bonds is 5. The summed E-state index contributed by atoms with van der Waals surface area (Å²) in [5.74, 6) is -1.34. The summed E-state index contributed by atoms with van der Waals surface area (Å²) in [6.45, 7) is 0.630. The third-order valence-electron chi connectivity index (χ3n) is 6.60. The van der Waals surface area contributed by atoms with E-state index in [4.69, 9.17) is 4.74 Å². The number of hydrogen-bond donors (Lipinski definition) is 2.